The number of rotatable bonds is 4. The van der Waals surface area contributed by atoms with Crippen LogP contribution < -0.4 is 5.73 Å². The third-order valence-electron chi connectivity index (χ3n) is 4.30. The van der Waals surface area contributed by atoms with Crippen LogP contribution in [0, 0.1) is 0 Å². The van der Waals surface area contributed by atoms with E-state index in [9.17, 15) is 0 Å². The lowest BCUT2D eigenvalue weighted by Crippen LogP contribution is -2.36. The number of likely N-dealkylation sites (tertiary alicyclic amines) is 1. The Morgan fingerprint density at radius 1 is 1.30 bits per heavy atom. The van der Waals surface area contributed by atoms with Crippen molar-refractivity contribution in [3.63, 3.8) is 0 Å². The minimum absolute atomic E-state index is 0. The number of nitrogen functional groups attached to an aromatic ring is 1. The number of hydrogen-bond acceptors (Lipinski definition) is 3. The van der Waals surface area contributed by atoms with E-state index in [2.05, 4.69) is 39.7 Å². The third-order valence-corrected chi connectivity index (χ3v) is 4.30. The van der Waals surface area contributed by atoms with Gasteiger partial charge in [-0.1, -0.05) is 19.1 Å². The Hall–Kier alpha value is -1.23. The molecule has 0 spiro atoms. The van der Waals surface area contributed by atoms with Crippen LogP contribution in [0.3, 0.4) is 0 Å². The van der Waals surface area contributed by atoms with Gasteiger partial charge in [-0.2, -0.15) is 0 Å². The summed E-state index contributed by atoms with van der Waals surface area (Å²) < 4.78 is 2.37. The average molecular weight is 357 g/mol. The molecule has 2 heterocycles. The number of imidazole rings is 1. The zero-order valence-electron chi connectivity index (χ0n) is 13.5. The lowest BCUT2D eigenvalue weighted by atomic mass is 10.0. The van der Waals surface area contributed by atoms with E-state index in [1.54, 1.807) is 0 Å². The van der Waals surface area contributed by atoms with E-state index >= 15 is 0 Å². The Morgan fingerprint density at radius 3 is 2.87 bits per heavy atom. The molecule has 1 aromatic carbocycles. The van der Waals surface area contributed by atoms with Crippen LogP contribution in [0.25, 0.3) is 0 Å². The van der Waals surface area contributed by atoms with Crippen molar-refractivity contribution >= 4 is 30.5 Å². The van der Waals surface area contributed by atoms with Crippen molar-refractivity contribution in [3.05, 3.63) is 48.0 Å². The lowest BCUT2D eigenvalue weighted by Gasteiger charge is -2.34. The molecule has 3 rings (SSSR count). The van der Waals surface area contributed by atoms with Crippen LogP contribution in [0.15, 0.2) is 36.7 Å². The molecule has 1 fully saturated rings. The maximum Gasteiger partial charge on any atom is 0.108 e. The molecule has 1 aliphatic heterocycles. The van der Waals surface area contributed by atoms with Crippen molar-refractivity contribution in [2.75, 3.05) is 18.8 Å². The molecule has 1 atom stereocenters. The molecule has 0 amide bonds. The van der Waals surface area contributed by atoms with Gasteiger partial charge < -0.3 is 10.3 Å². The van der Waals surface area contributed by atoms with Crippen molar-refractivity contribution in [2.24, 2.45) is 0 Å². The van der Waals surface area contributed by atoms with Gasteiger partial charge in [-0.3, -0.25) is 4.90 Å². The Balaban J connectivity index is 0.00000132. The van der Waals surface area contributed by atoms with Crippen molar-refractivity contribution < 1.29 is 0 Å². The van der Waals surface area contributed by atoms with Gasteiger partial charge >= 0.3 is 0 Å². The first kappa shape index (κ1) is 19.8. The van der Waals surface area contributed by atoms with Gasteiger partial charge in [0.25, 0.3) is 0 Å². The minimum atomic E-state index is 0. The molecular formula is C17H26Cl2N4. The number of halogens is 2. The molecule has 0 radical (unpaired) electrons. The Kier molecular flexibility index (Phi) is 7.89. The first-order valence-electron chi connectivity index (χ1n) is 7.84. The molecule has 1 aromatic heterocycles. The highest BCUT2D eigenvalue weighted by atomic mass is 35.5. The summed E-state index contributed by atoms with van der Waals surface area (Å²) in [4.78, 5) is 6.99. The Morgan fingerprint density at radius 2 is 2.13 bits per heavy atom. The number of aryl methyl sites for hydroxylation is 1. The standard InChI is InChI=1S/C17H24N4.2ClH/c1-2-17-19-8-10-21(17)16-7-4-9-20(13-16)12-14-5-3-6-15(18)11-14;;/h3,5-6,8,10-11,16H,2,4,7,9,12-13,18H2,1H3;2*1H. The average Bonchev–Trinajstić information content (AvgIpc) is 2.96. The topological polar surface area (TPSA) is 47.1 Å². The zero-order valence-corrected chi connectivity index (χ0v) is 15.2. The molecule has 23 heavy (non-hydrogen) atoms. The molecule has 0 saturated carbocycles. The predicted molar refractivity (Wildman–Crippen MR) is 101 cm³/mol. The molecule has 6 heteroatoms. The maximum absolute atomic E-state index is 5.88. The number of anilines is 1. The van der Waals surface area contributed by atoms with E-state index in [0.717, 1.165) is 25.2 Å². The van der Waals surface area contributed by atoms with Crippen molar-refractivity contribution in [1.29, 1.82) is 0 Å². The maximum atomic E-state index is 5.88. The number of hydrogen-bond donors (Lipinski definition) is 1. The number of aromatic nitrogens is 2. The minimum Gasteiger partial charge on any atom is -0.399 e. The smallest absolute Gasteiger partial charge is 0.108 e. The SMILES string of the molecule is CCc1nccn1C1CCCN(Cc2cccc(N)c2)C1.Cl.Cl. The summed E-state index contributed by atoms with van der Waals surface area (Å²) >= 11 is 0. The molecule has 0 aliphatic carbocycles. The van der Waals surface area contributed by atoms with E-state index < -0.39 is 0 Å². The fourth-order valence-corrected chi connectivity index (χ4v) is 3.30. The summed E-state index contributed by atoms with van der Waals surface area (Å²) in [7, 11) is 0. The van der Waals surface area contributed by atoms with E-state index in [1.165, 1.54) is 30.8 Å². The van der Waals surface area contributed by atoms with E-state index in [0.29, 0.717) is 6.04 Å². The molecule has 4 nitrogen and oxygen atoms in total. The Labute approximate surface area is 150 Å². The molecule has 2 N–H and O–H groups in total. The highest BCUT2D eigenvalue weighted by Crippen LogP contribution is 2.24. The van der Waals surface area contributed by atoms with E-state index in [-0.39, 0.29) is 24.8 Å². The molecule has 0 bridgehead atoms. The van der Waals surface area contributed by atoms with Gasteiger partial charge in [0.1, 0.15) is 5.82 Å². The third kappa shape index (κ3) is 4.87. The van der Waals surface area contributed by atoms with Gasteiger partial charge in [0.05, 0.1) is 0 Å². The van der Waals surface area contributed by atoms with Gasteiger partial charge in [0, 0.05) is 43.6 Å². The number of nitrogens with zero attached hydrogens (tertiary/aromatic N) is 3. The fraction of sp³-hybridized carbons (Fsp3) is 0.471. The van der Waals surface area contributed by atoms with Crippen LogP contribution in [0.2, 0.25) is 0 Å². The monoisotopic (exact) mass is 356 g/mol. The van der Waals surface area contributed by atoms with Crippen LogP contribution in [0.4, 0.5) is 5.69 Å². The van der Waals surface area contributed by atoms with E-state index in [1.807, 2.05) is 18.3 Å². The summed E-state index contributed by atoms with van der Waals surface area (Å²) in [6, 6.07) is 8.78. The molecule has 1 unspecified atom stereocenters. The van der Waals surface area contributed by atoms with Crippen LogP contribution in [-0.2, 0) is 13.0 Å². The summed E-state index contributed by atoms with van der Waals surface area (Å²) in [6.07, 6.45) is 7.55. The molecular weight excluding hydrogens is 331 g/mol. The quantitative estimate of drug-likeness (QED) is 0.849. The fourth-order valence-electron chi connectivity index (χ4n) is 3.30. The second kappa shape index (κ2) is 9.16. The first-order chi connectivity index (χ1) is 10.3. The van der Waals surface area contributed by atoms with Gasteiger partial charge in [-0.25, -0.2) is 4.98 Å². The number of nitrogens with two attached hydrogens (primary N) is 1. The Bertz CT molecular complexity index is 600. The van der Waals surface area contributed by atoms with E-state index in [4.69, 9.17) is 5.73 Å². The predicted octanol–water partition coefficient (Wildman–Crippen LogP) is 3.71. The normalized spacial score (nSPS) is 18.0. The van der Waals surface area contributed by atoms with Crippen LogP contribution in [0.1, 0.15) is 37.2 Å². The first-order valence-corrected chi connectivity index (χ1v) is 7.84. The zero-order chi connectivity index (χ0) is 14.7. The summed E-state index contributed by atoms with van der Waals surface area (Å²) in [5.74, 6) is 1.20. The van der Waals surface area contributed by atoms with Crippen molar-refractivity contribution in [2.45, 2.75) is 38.8 Å². The molecule has 2 aromatic rings. The second-order valence-corrected chi connectivity index (χ2v) is 5.88. The van der Waals surface area contributed by atoms with Crippen molar-refractivity contribution in [3.8, 4) is 0 Å². The highest BCUT2D eigenvalue weighted by Gasteiger charge is 2.22. The van der Waals surface area contributed by atoms with Gasteiger partial charge in [0.2, 0.25) is 0 Å². The van der Waals surface area contributed by atoms with Gasteiger partial charge in [0.15, 0.2) is 0 Å². The van der Waals surface area contributed by atoms with Crippen molar-refractivity contribution in [1.82, 2.24) is 14.5 Å². The summed E-state index contributed by atoms with van der Waals surface area (Å²) in [5, 5.41) is 0. The van der Waals surface area contributed by atoms with Gasteiger partial charge in [-0.15, -0.1) is 24.8 Å². The van der Waals surface area contributed by atoms with Crippen LogP contribution in [0.5, 0.6) is 0 Å². The highest BCUT2D eigenvalue weighted by molar-refractivity contribution is 5.85. The lowest BCUT2D eigenvalue weighted by molar-refractivity contribution is 0.168. The number of benzene rings is 1. The second-order valence-electron chi connectivity index (χ2n) is 5.88. The summed E-state index contributed by atoms with van der Waals surface area (Å²) in [5.41, 5.74) is 8.03. The summed E-state index contributed by atoms with van der Waals surface area (Å²) in [6.45, 7) is 5.42. The molecule has 1 aliphatic rings. The van der Waals surface area contributed by atoms with Crippen LogP contribution in [-0.4, -0.2) is 27.5 Å². The van der Waals surface area contributed by atoms with Crippen LogP contribution >= 0.6 is 24.8 Å². The molecule has 1 saturated heterocycles. The molecule has 128 valence electrons. The largest absolute Gasteiger partial charge is 0.399 e. The van der Waals surface area contributed by atoms with Gasteiger partial charge in [-0.05, 0) is 37.1 Å². The number of piperidine rings is 1.